The van der Waals surface area contributed by atoms with Gasteiger partial charge in [0.2, 0.25) is 0 Å². The van der Waals surface area contributed by atoms with E-state index >= 15 is 0 Å². The summed E-state index contributed by atoms with van der Waals surface area (Å²) < 4.78 is 60.1. The minimum Gasteiger partial charge on any atom is -0.462 e. The van der Waals surface area contributed by atoms with Crippen LogP contribution in [0.4, 0.5) is 34.6 Å². The molecule has 30 heavy (non-hydrogen) atoms. The number of ether oxygens (including phenoxy) is 2. The highest BCUT2D eigenvalue weighted by molar-refractivity contribution is 5.92. The number of hydrogen-bond donors (Lipinski definition) is 0. The highest BCUT2D eigenvalue weighted by atomic mass is 19.3. The predicted molar refractivity (Wildman–Crippen MR) is 99.8 cm³/mol. The van der Waals surface area contributed by atoms with Gasteiger partial charge in [-0.1, -0.05) is 6.07 Å². The van der Waals surface area contributed by atoms with Crippen molar-refractivity contribution in [3.63, 3.8) is 0 Å². The number of carbonyl (C=O) groups excluding carboxylic acids is 1. The molecule has 0 radical (unpaired) electrons. The van der Waals surface area contributed by atoms with Crippen LogP contribution in [0.15, 0.2) is 42.5 Å². The molecule has 2 aromatic rings. The molecule has 0 saturated heterocycles. The standard InChI is InChI=1S/C19H18F4N2O5/c1-3-24(13-6-5-7-14(11-13)30-19(22,23)18(20)21)15-9-8-12(17(26)29-4-2)10-16(15)25(27)28/h5-11,18H,3-4H2,1-2H3. The lowest BCUT2D eigenvalue weighted by Crippen LogP contribution is -2.33. The van der Waals surface area contributed by atoms with Crippen LogP contribution in [-0.2, 0) is 4.74 Å². The third-order valence-corrected chi connectivity index (χ3v) is 3.93. The first kappa shape index (κ1) is 22.9. The van der Waals surface area contributed by atoms with Crippen LogP contribution in [0.5, 0.6) is 5.75 Å². The summed E-state index contributed by atoms with van der Waals surface area (Å²) in [7, 11) is 0. The summed E-state index contributed by atoms with van der Waals surface area (Å²) >= 11 is 0. The van der Waals surface area contributed by atoms with Gasteiger partial charge in [-0.05, 0) is 38.1 Å². The molecule has 0 unspecified atom stereocenters. The molecule has 0 N–H and O–H groups in total. The van der Waals surface area contributed by atoms with E-state index in [1.54, 1.807) is 13.8 Å². The van der Waals surface area contributed by atoms with Crippen LogP contribution in [0, 0.1) is 10.1 Å². The molecule has 2 aromatic carbocycles. The van der Waals surface area contributed by atoms with Crippen molar-refractivity contribution in [3.8, 4) is 5.75 Å². The smallest absolute Gasteiger partial charge is 0.461 e. The molecule has 0 aliphatic carbocycles. The van der Waals surface area contributed by atoms with Gasteiger partial charge in [0.1, 0.15) is 11.4 Å². The summed E-state index contributed by atoms with van der Waals surface area (Å²) in [6.45, 7) is 3.48. The van der Waals surface area contributed by atoms with Crippen molar-refractivity contribution in [3.05, 3.63) is 58.1 Å². The van der Waals surface area contributed by atoms with E-state index < -0.39 is 34.9 Å². The molecule has 0 spiro atoms. The summed E-state index contributed by atoms with van der Waals surface area (Å²) in [4.78, 5) is 24.1. The molecule has 0 atom stereocenters. The lowest BCUT2D eigenvalue weighted by Gasteiger charge is -2.24. The van der Waals surface area contributed by atoms with Crippen LogP contribution in [0.3, 0.4) is 0 Å². The monoisotopic (exact) mass is 430 g/mol. The highest BCUT2D eigenvalue weighted by Gasteiger charge is 2.44. The summed E-state index contributed by atoms with van der Waals surface area (Å²) in [5.74, 6) is -1.28. The van der Waals surface area contributed by atoms with E-state index in [1.807, 2.05) is 0 Å². The molecule has 11 heteroatoms. The summed E-state index contributed by atoms with van der Waals surface area (Å²) in [5.41, 5.74) is -0.205. The Morgan fingerprint density at radius 2 is 1.90 bits per heavy atom. The van der Waals surface area contributed by atoms with E-state index in [1.165, 1.54) is 29.2 Å². The van der Waals surface area contributed by atoms with E-state index in [9.17, 15) is 32.5 Å². The maximum absolute atomic E-state index is 13.2. The first-order chi connectivity index (χ1) is 14.1. The first-order valence-corrected chi connectivity index (χ1v) is 8.78. The number of halogens is 4. The Balaban J connectivity index is 2.46. The van der Waals surface area contributed by atoms with Crippen LogP contribution in [0.2, 0.25) is 0 Å². The van der Waals surface area contributed by atoms with Gasteiger partial charge < -0.3 is 14.4 Å². The lowest BCUT2D eigenvalue weighted by molar-refractivity contribution is -0.384. The Morgan fingerprint density at radius 3 is 2.47 bits per heavy atom. The Bertz CT molecular complexity index is 924. The molecule has 0 amide bonds. The normalized spacial score (nSPS) is 11.3. The van der Waals surface area contributed by atoms with Gasteiger partial charge in [-0.25, -0.2) is 4.79 Å². The topological polar surface area (TPSA) is 81.9 Å². The largest absolute Gasteiger partial charge is 0.462 e. The maximum atomic E-state index is 13.2. The van der Waals surface area contributed by atoms with E-state index in [-0.39, 0.29) is 30.1 Å². The van der Waals surface area contributed by atoms with Gasteiger partial charge in [0, 0.05) is 24.4 Å². The molecule has 7 nitrogen and oxygen atoms in total. The van der Waals surface area contributed by atoms with Gasteiger partial charge in [-0.15, -0.1) is 0 Å². The van der Waals surface area contributed by atoms with Crippen LogP contribution < -0.4 is 9.64 Å². The Labute approximate surface area is 169 Å². The number of benzene rings is 2. The van der Waals surface area contributed by atoms with Crippen molar-refractivity contribution >= 4 is 23.0 Å². The number of esters is 1. The molecule has 0 aliphatic rings. The van der Waals surface area contributed by atoms with Crippen molar-refractivity contribution in [1.82, 2.24) is 0 Å². The van der Waals surface area contributed by atoms with Crippen molar-refractivity contribution in [2.24, 2.45) is 0 Å². The molecule has 0 saturated carbocycles. The zero-order valence-electron chi connectivity index (χ0n) is 16.0. The van der Waals surface area contributed by atoms with Crippen LogP contribution in [-0.4, -0.2) is 36.6 Å². The molecule has 0 heterocycles. The predicted octanol–water partition coefficient (Wildman–Crippen LogP) is 5.17. The van der Waals surface area contributed by atoms with Gasteiger partial charge in [-0.3, -0.25) is 10.1 Å². The van der Waals surface area contributed by atoms with Gasteiger partial charge in [0.05, 0.1) is 17.1 Å². The fraction of sp³-hybridized carbons (Fsp3) is 0.316. The summed E-state index contributed by atoms with van der Waals surface area (Å²) in [5, 5.41) is 11.6. The number of anilines is 2. The average molecular weight is 430 g/mol. The second-order valence-corrected chi connectivity index (χ2v) is 5.89. The Morgan fingerprint density at radius 1 is 1.20 bits per heavy atom. The molecule has 2 rings (SSSR count). The van der Waals surface area contributed by atoms with Crippen LogP contribution >= 0.6 is 0 Å². The molecule has 0 fully saturated rings. The number of nitro benzene ring substituents is 1. The molecule has 162 valence electrons. The zero-order valence-corrected chi connectivity index (χ0v) is 16.0. The number of nitro groups is 1. The zero-order chi connectivity index (χ0) is 22.5. The number of nitrogens with zero attached hydrogens (tertiary/aromatic N) is 2. The summed E-state index contributed by atoms with van der Waals surface area (Å²) in [6, 6.07) is 8.53. The van der Waals surface area contributed by atoms with Gasteiger partial charge in [0.15, 0.2) is 0 Å². The minimum absolute atomic E-state index is 0.0305. The summed E-state index contributed by atoms with van der Waals surface area (Å²) in [6.07, 6.45) is -8.72. The third-order valence-electron chi connectivity index (χ3n) is 3.93. The molecule has 0 bridgehead atoms. The van der Waals surface area contributed by atoms with Crippen molar-refractivity contribution in [2.45, 2.75) is 26.4 Å². The number of carbonyl (C=O) groups is 1. The molecular formula is C19H18F4N2O5. The van der Waals surface area contributed by atoms with E-state index in [0.29, 0.717) is 0 Å². The van der Waals surface area contributed by atoms with E-state index in [4.69, 9.17) is 4.74 Å². The first-order valence-electron chi connectivity index (χ1n) is 8.78. The SMILES string of the molecule is CCOC(=O)c1ccc(N(CC)c2cccc(OC(F)(F)C(F)F)c2)c([N+](=O)[O-])c1. The van der Waals surface area contributed by atoms with Crippen molar-refractivity contribution < 1.29 is 36.8 Å². The van der Waals surface area contributed by atoms with Crippen molar-refractivity contribution in [2.75, 3.05) is 18.1 Å². The van der Waals surface area contributed by atoms with Crippen LogP contribution in [0.25, 0.3) is 0 Å². The lowest BCUT2D eigenvalue weighted by atomic mass is 10.1. The van der Waals surface area contributed by atoms with E-state index in [2.05, 4.69) is 4.74 Å². The molecule has 0 aliphatic heterocycles. The maximum Gasteiger partial charge on any atom is 0.461 e. The second kappa shape index (κ2) is 9.42. The number of rotatable bonds is 9. The Hall–Kier alpha value is -3.37. The average Bonchev–Trinajstić information content (AvgIpc) is 2.68. The molecule has 0 aromatic heterocycles. The fourth-order valence-electron chi connectivity index (χ4n) is 2.65. The van der Waals surface area contributed by atoms with Gasteiger partial charge in [0.25, 0.3) is 5.69 Å². The third kappa shape index (κ3) is 5.16. The number of hydrogen-bond acceptors (Lipinski definition) is 6. The van der Waals surface area contributed by atoms with Crippen LogP contribution in [0.1, 0.15) is 24.2 Å². The van der Waals surface area contributed by atoms with Crippen molar-refractivity contribution in [1.29, 1.82) is 0 Å². The Kier molecular flexibility index (Phi) is 7.19. The van der Waals surface area contributed by atoms with Gasteiger partial charge in [-0.2, -0.15) is 17.6 Å². The number of alkyl halides is 4. The highest BCUT2D eigenvalue weighted by Crippen LogP contribution is 2.37. The quantitative estimate of drug-likeness (QED) is 0.236. The van der Waals surface area contributed by atoms with Gasteiger partial charge >= 0.3 is 18.5 Å². The van der Waals surface area contributed by atoms with E-state index in [0.717, 1.165) is 18.2 Å². The second-order valence-electron chi connectivity index (χ2n) is 5.89. The minimum atomic E-state index is -4.69. The molecular weight excluding hydrogens is 412 g/mol. The fourth-order valence-corrected chi connectivity index (χ4v) is 2.65.